The predicted octanol–water partition coefficient (Wildman–Crippen LogP) is 8.11. The largest absolute Gasteiger partial charge is 0.0563 e. The van der Waals surface area contributed by atoms with Crippen LogP contribution in [0.2, 0.25) is 0 Å². The van der Waals surface area contributed by atoms with Crippen molar-refractivity contribution in [3.63, 3.8) is 0 Å². The Hall–Kier alpha value is -2.26. The van der Waals surface area contributed by atoms with Crippen LogP contribution in [0.3, 0.4) is 0 Å². The molecule has 4 aromatic carbocycles. The highest BCUT2D eigenvalue weighted by molar-refractivity contribution is 7.74. The van der Waals surface area contributed by atoms with Crippen molar-refractivity contribution >= 4 is 37.1 Å². The maximum atomic E-state index is 2.44. The van der Waals surface area contributed by atoms with Gasteiger partial charge in [-0.3, -0.25) is 0 Å². The lowest BCUT2D eigenvalue weighted by Crippen LogP contribution is -2.19. The maximum absolute atomic E-state index is 2.44. The van der Waals surface area contributed by atoms with Gasteiger partial charge in [-0.15, -0.1) is 0 Å². The van der Waals surface area contributed by atoms with Crippen molar-refractivity contribution in [2.75, 3.05) is 12.3 Å². The molecule has 0 unspecified atom stereocenters. The van der Waals surface area contributed by atoms with E-state index in [0.29, 0.717) is 0 Å². The summed E-state index contributed by atoms with van der Waals surface area (Å²) in [5, 5.41) is 6.11. The molecule has 0 radical (unpaired) electrons. The first kappa shape index (κ1) is 27.8. The standard InChI is InChI=1S/C35H42P2/c1-24-12-25(2)17-32(16-24)36(33-18-26(3)13-27(4)19-33)10-9-11-37(34-20-28(5)14-29(6)21-34)35-22-30(7)15-31(8)23-35/h12-23H,9-11H2,1-8H3. The third-order valence-electron chi connectivity index (χ3n) is 6.84. The quantitative estimate of drug-likeness (QED) is 0.204. The Morgan fingerprint density at radius 2 is 0.514 bits per heavy atom. The lowest BCUT2D eigenvalue weighted by Gasteiger charge is -2.24. The van der Waals surface area contributed by atoms with Gasteiger partial charge in [0.05, 0.1) is 0 Å². The molecule has 0 aliphatic carbocycles. The summed E-state index contributed by atoms with van der Waals surface area (Å²) in [6.07, 6.45) is 3.70. The number of hydrogen-bond donors (Lipinski definition) is 0. The summed E-state index contributed by atoms with van der Waals surface area (Å²) in [5.74, 6) is 0. The highest BCUT2D eigenvalue weighted by Gasteiger charge is 2.19. The molecule has 0 saturated carbocycles. The van der Waals surface area contributed by atoms with E-state index in [2.05, 4.69) is 128 Å². The molecule has 0 aromatic heterocycles. The van der Waals surface area contributed by atoms with Gasteiger partial charge in [0.25, 0.3) is 0 Å². The molecule has 0 amide bonds. The van der Waals surface area contributed by atoms with Gasteiger partial charge < -0.3 is 0 Å². The first-order valence-corrected chi connectivity index (χ1v) is 16.5. The van der Waals surface area contributed by atoms with Crippen LogP contribution in [0.15, 0.2) is 72.8 Å². The zero-order chi connectivity index (χ0) is 26.7. The summed E-state index contributed by atoms with van der Waals surface area (Å²) in [5.41, 5.74) is 11.0. The van der Waals surface area contributed by atoms with Crippen LogP contribution in [0.5, 0.6) is 0 Å². The number of benzene rings is 4. The van der Waals surface area contributed by atoms with Gasteiger partial charge in [-0.05, 0) is 111 Å². The van der Waals surface area contributed by atoms with Crippen LogP contribution < -0.4 is 21.2 Å². The van der Waals surface area contributed by atoms with Gasteiger partial charge in [0.1, 0.15) is 0 Å². The molecule has 0 saturated heterocycles. The highest BCUT2D eigenvalue weighted by Crippen LogP contribution is 2.40. The summed E-state index contributed by atoms with van der Waals surface area (Å²) in [4.78, 5) is 0. The van der Waals surface area contributed by atoms with Gasteiger partial charge in [0.15, 0.2) is 0 Å². The molecular weight excluding hydrogens is 482 g/mol. The van der Waals surface area contributed by atoms with Gasteiger partial charge in [-0.2, -0.15) is 0 Å². The van der Waals surface area contributed by atoms with Gasteiger partial charge in [0, 0.05) is 0 Å². The minimum absolute atomic E-state index is 0.399. The van der Waals surface area contributed by atoms with Crippen LogP contribution >= 0.6 is 15.8 Å². The third-order valence-corrected chi connectivity index (χ3v) is 11.9. The van der Waals surface area contributed by atoms with Crippen LogP contribution in [0.1, 0.15) is 50.9 Å². The molecule has 0 nitrogen and oxygen atoms in total. The molecule has 2 heteroatoms. The van der Waals surface area contributed by atoms with Crippen molar-refractivity contribution in [1.82, 2.24) is 0 Å². The molecule has 4 aromatic rings. The van der Waals surface area contributed by atoms with E-state index in [1.807, 2.05) is 0 Å². The van der Waals surface area contributed by atoms with Crippen molar-refractivity contribution in [3.05, 3.63) is 117 Å². The Bertz CT molecular complexity index is 1110. The van der Waals surface area contributed by atoms with Crippen LogP contribution in [0, 0.1) is 55.4 Å². The molecule has 4 rings (SSSR count). The van der Waals surface area contributed by atoms with E-state index in [4.69, 9.17) is 0 Å². The first-order chi connectivity index (χ1) is 17.6. The Balaban J connectivity index is 1.68. The molecular formula is C35H42P2. The second-order valence-corrected chi connectivity index (χ2v) is 15.7. The van der Waals surface area contributed by atoms with Gasteiger partial charge >= 0.3 is 0 Å². The Morgan fingerprint density at radius 3 is 0.703 bits per heavy atom. The third kappa shape index (κ3) is 7.41. The normalized spacial score (nSPS) is 11.5. The van der Waals surface area contributed by atoms with E-state index < -0.39 is 15.8 Å². The van der Waals surface area contributed by atoms with Crippen molar-refractivity contribution in [1.29, 1.82) is 0 Å². The Morgan fingerprint density at radius 1 is 0.324 bits per heavy atom. The van der Waals surface area contributed by atoms with Gasteiger partial charge in [-0.1, -0.05) is 117 Å². The number of rotatable bonds is 8. The molecule has 0 bridgehead atoms. The Labute approximate surface area is 228 Å². The van der Waals surface area contributed by atoms with Crippen molar-refractivity contribution < 1.29 is 0 Å². The minimum atomic E-state index is -0.399. The summed E-state index contributed by atoms with van der Waals surface area (Å²) >= 11 is 0. The molecule has 192 valence electrons. The smallest absolute Gasteiger partial charge is 0.0190 e. The summed E-state index contributed by atoms with van der Waals surface area (Å²) in [6.45, 7) is 17.9. The average Bonchev–Trinajstić information content (AvgIpc) is 2.76. The van der Waals surface area contributed by atoms with Gasteiger partial charge in [0.2, 0.25) is 0 Å². The minimum Gasteiger partial charge on any atom is -0.0563 e. The van der Waals surface area contributed by atoms with Crippen molar-refractivity contribution in [2.24, 2.45) is 0 Å². The van der Waals surface area contributed by atoms with Crippen molar-refractivity contribution in [2.45, 2.75) is 61.8 Å². The average molecular weight is 525 g/mol. The predicted molar refractivity (Wildman–Crippen MR) is 170 cm³/mol. The number of aryl methyl sites for hydroxylation is 8. The van der Waals surface area contributed by atoms with Gasteiger partial charge in [-0.25, -0.2) is 0 Å². The fraction of sp³-hybridized carbons (Fsp3) is 0.314. The number of hydrogen-bond acceptors (Lipinski definition) is 0. The summed E-state index contributed by atoms with van der Waals surface area (Å²) in [7, 11) is -0.797. The molecule has 37 heavy (non-hydrogen) atoms. The van der Waals surface area contributed by atoms with E-state index in [9.17, 15) is 0 Å². The second-order valence-electron chi connectivity index (χ2n) is 11.0. The topological polar surface area (TPSA) is 0 Å². The van der Waals surface area contributed by atoms with E-state index >= 15 is 0 Å². The lowest BCUT2D eigenvalue weighted by atomic mass is 10.2. The molecule has 0 heterocycles. The molecule has 0 aliphatic rings. The fourth-order valence-electron chi connectivity index (χ4n) is 5.63. The zero-order valence-electron chi connectivity index (χ0n) is 23.9. The lowest BCUT2D eigenvalue weighted by molar-refractivity contribution is 1.11. The highest BCUT2D eigenvalue weighted by atomic mass is 31.1. The SMILES string of the molecule is Cc1cc(C)cc(P(CCCP(c2cc(C)cc(C)c2)c2cc(C)cc(C)c2)c2cc(C)cc(C)c2)c1. The molecule has 0 N–H and O–H groups in total. The van der Waals surface area contributed by atoms with Crippen LogP contribution in [-0.4, -0.2) is 12.3 Å². The summed E-state index contributed by atoms with van der Waals surface area (Å²) in [6, 6.07) is 28.7. The molecule has 0 spiro atoms. The van der Waals surface area contributed by atoms with Crippen LogP contribution in [-0.2, 0) is 0 Å². The molecule has 0 fully saturated rings. The molecule has 0 aliphatic heterocycles. The van der Waals surface area contributed by atoms with E-state index in [1.165, 1.54) is 84.5 Å². The van der Waals surface area contributed by atoms with Crippen LogP contribution in [0.4, 0.5) is 0 Å². The zero-order valence-corrected chi connectivity index (χ0v) is 25.7. The first-order valence-electron chi connectivity index (χ1n) is 13.5. The maximum Gasteiger partial charge on any atom is -0.0190 e. The van der Waals surface area contributed by atoms with Crippen LogP contribution in [0.25, 0.3) is 0 Å². The monoisotopic (exact) mass is 524 g/mol. The molecule has 0 atom stereocenters. The Kier molecular flexibility index (Phi) is 9.06. The van der Waals surface area contributed by atoms with E-state index in [0.717, 1.165) is 0 Å². The van der Waals surface area contributed by atoms with E-state index in [1.54, 1.807) is 0 Å². The van der Waals surface area contributed by atoms with E-state index in [-0.39, 0.29) is 0 Å². The summed E-state index contributed by atoms with van der Waals surface area (Å²) < 4.78 is 0. The fourth-order valence-corrected chi connectivity index (χ4v) is 11.3. The second kappa shape index (κ2) is 12.1. The van der Waals surface area contributed by atoms with Crippen molar-refractivity contribution in [3.8, 4) is 0 Å².